The molecule has 1 aliphatic heterocycles. The third kappa shape index (κ3) is 15.0. The summed E-state index contributed by atoms with van der Waals surface area (Å²) >= 11 is 0. The Balaban J connectivity index is 2.05. The molecule has 1 aliphatic rings. The fraction of sp³-hybridized carbons (Fsp3) is 0.778. The quantitative estimate of drug-likeness (QED) is 0.0575. The number of ketones is 1. The van der Waals surface area contributed by atoms with E-state index in [1.807, 2.05) is 6.20 Å². The van der Waals surface area contributed by atoms with Gasteiger partial charge in [-0.15, -0.1) is 0 Å². The van der Waals surface area contributed by atoms with Gasteiger partial charge in [0.2, 0.25) is 0 Å². The third-order valence-corrected chi connectivity index (χ3v) is 6.03. The summed E-state index contributed by atoms with van der Waals surface area (Å²) in [6.07, 6.45) is 25.8. The molecule has 0 spiro atoms. The predicted molar refractivity (Wildman–Crippen MR) is 130 cm³/mol. The van der Waals surface area contributed by atoms with Crippen molar-refractivity contribution < 1.29 is 14.3 Å². The third-order valence-electron chi connectivity index (χ3n) is 6.03. The van der Waals surface area contributed by atoms with Crippen molar-refractivity contribution in [1.29, 1.82) is 0 Å². The number of allylic oxidation sites excluding steroid dienone is 2. The van der Waals surface area contributed by atoms with Crippen molar-refractivity contribution in [2.45, 2.75) is 117 Å². The number of rotatable bonds is 18. The summed E-state index contributed by atoms with van der Waals surface area (Å²) < 4.78 is 5.33. The van der Waals surface area contributed by atoms with Crippen LogP contribution in [0.25, 0.3) is 0 Å². The lowest BCUT2D eigenvalue weighted by Gasteiger charge is -2.24. The molecule has 1 fully saturated rings. The smallest absolute Gasteiger partial charge is 0.341 e. The number of carbonyl (C=O) groups is 2. The number of ether oxygens (including phenoxy) is 1. The van der Waals surface area contributed by atoms with Crippen molar-refractivity contribution in [3.8, 4) is 0 Å². The van der Waals surface area contributed by atoms with E-state index in [-0.39, 0.29) is 11.4 Å². The summed E-state index contributed by atoms with van der Waals surface area (Å²) in [4.78, 5) is 26.3. The van der Waals surface area contributed by atoms with Crippen molar-refractivity contribution in [3.63, 3.8) is 0 Å². The average molecular weight is 434 g/mol. The first kappa shape index (κ1) is 27.5. The second-order valence-corrected chi connectivity index (χ2v) is 8.95. The molecule has 0 aromatic rings. The van der Waals surface area contributed by atoms with E-state index in [4.69, 9.17) is 4.74 Å². The molecule has 1 saturated heterocycles. The largest absolute Gasteiger partial charge is 0.462 e. The van der Waals surface area contributed by atoms with Crippen LogP contribution in [0.3, 0.4) is 0 Å². The van der Waals surface area contributed by atoms with Crippen LogP contribution in [0.2, 0.25) is 0 Å². The van der Waals surface area contributed by atoms with E-state index in [1.54, 1.807) is 12.2 Å². The van der Waals surface area contributed by atoms with Gasteiger partial charge in [-0.2, -0.15) is 0 Å². The van der Waals surface area contributed by atoms with E-state index >= 15 is 0 Å². The first-order chi connectivity index (χ1) is 15.1. The first-order valence-corrected chi connectivity index (χ1v) is 13.0. The Morgan fingerprint density at radius 2 is 1.29 bits per heavy atom. The van der Waals surface area contributed by atoms with E-state index in [2.05, 4.69) is 11.8 Å². The summed E-state index contributed by atoms with van der Waals surface area (Å²) in [6.45, 7) is 6.18. The van der Waals surface area contributed by atoms with Crippen LogP contribution >= 0.6 is 0 Å². The number of Topliss-reactive ketones (excluding diaryl/α,β-unsaturated/α-hetero) is 1. The number of hydrogen-bond donors (Lipinski definition) is 0. The Morgan fingerprint density at radius 1 is 0.774 bits per heavy atom. The number of hydrogen-bond acceptors (Lipinski definition) is 4. The highest BCUT2D eigenvalue weighted by Crippen LogP contribution is 2.13. The van der Waals surface area contributed by atoms with E-state index < -0.39 is 5.97 Å². The lowest BCUT2D eigenvalue weighted by Crippen LogP contribution is -2.24. The molecule has 0 aromatic heterocycles. The second kappa shape index (κ2) is 19.1. The lowest BCUT2D eigenvalue weighted by molar-refractivity contribution is -0.140. The molecular weight excluding hydrogens is 386 g/mol. The normalized spacial score (nSPS) is 14.9. The minimum absolute atomic E-state index is 0.142. The van der Waals surface area contributed by atoms with Crippen molar-refractivity contribution in [3.05, 3.63) is 23.9 Å². The van der Waals surface area contributed by atoms with Crippen LogP contribution in [0.15, 0.2) is 23.9 Å². The highest BCUT2D eigenvalue weighted by Gasteiger charge is 2.15. The minimum Gasteiger partial charge on any atom is -0.462 e. The van der Waals surface area contributed by atoms with Crippen LogP contribution in [0.4, 0.5) is 0 Å². The van der Waals surface area contributed by atoms with Gasteiger partial charge in [0, 0.05) is 13.1 Å². The van der Waals surface area contributed by atoms with E-state index in [1.165, 1.54) is 96.8 Å². The predicted octanol–water partition coefficient (Wildman–Crippen LogP) is 7.14. The Labute approximate surface area is 191 Å². The molecule has 1 heterocycles. The van der Waals surface area contributed by atoms with Gasteiger partial charge in [0.15, 0.2) is 5.78 Å². The van der Waals surface area contributed by atoms with Crippen molar-refractivity contribution in [1.82, 2.24) is 4.90 Å². The number of nitrogens with zero attached hydrogens (tertiary/aromatic N) is 1. The van der Waals surface area contributed by atoms with Gasteiger partial charge < -0.3 is 9.64 Å². The Kier molecular flexibility index (Phi) is 16.9. The van der Waals surface area contributed by atoms with Gasteiger partial charge in [0.25, 0.3) is 0 Å². The first-order valence-electron chi connectivity index (χ1n) is 13.0. The molecule has 0 unspecified atom stereocenters. The summed E-state index contributed by atoms with van der Waals surface area (Å²) in [5, 5.41) is 0. The van der Waals surface area contributed by atoms with Gasteiger partial charge in [-0.3, -0.25) is 4.79 Å². The maximum Gasteiger partial charge on any atom is 0.341 e. The molecule has 31 heavy (non-hydrogen) atoms. The SMILES string of the molecule is CCCCCCCCCCCCCCCOC(=O)/C(=C/C=C/N1CCCCC1)C(C)=O. The van der Waals surface area contributed by atoms with E-state index in [9.17, 15) is 9.59 Å². The molecule has 0 bridgehead atoms. The lowest BCUT2D eigenvalue weighted by atomic mass is 10.0. The van der Waals surface area contributed by atoms with Gasteiger partial charge in [-0.25, -0.2) is 4.79 Å². The number of likely N-dealkylation sites (tertiary alicyclic amines) is 1. The fourth-order valence-electron chi connectivity index (χ4n) is 4.02. The Bertz CT molecular complexity index is 533. The van der Waals surface area contributed by atoms with Gasteiger partial charge in [-0.1, -0.05) is 84.0 Å². The van der Waals surface area contributed by atoms with Crippen LogP contribution in [-0.4, -0.2) is 36.3 Å². The van der Waals surface area contributed by atoms with Crippen molar-refractivity contribution in [2.24, 2.45) is 0 Å². The van der Waals surface area contributed by atoms with Gasteiger partial charge in [0.05, 0.1) is 6.61 Å². The summed E-state index contributed by atoms with van der Waals surface area (Å²) in [5.74, 6) is -0.728. The molecular formula is C27H47NO3. The van der Waals surface area contributed by atoms with Gasteiger partial charge >= 0.3 is 5.97 Å². The highest BCUT2D eigenvalue weighted by atomic mass is 16.5. The number of unbranched alkanes of at least 4 members (excludes halogenated alkanes) is 12. The fourth-order valence-corrected chi connectivity index (χ4v) is 4.02. The van der Waals surface area contributed by atoms with E-state index in [0.717, 1.165) is 25.9 Å². The molecule has 0 radical (unpaired) electrons. The molecule has 1 rings (SSSR count). The van der Waals surface area contributed by atoms with Gasteiger partial charge in [0.1, 0.15) is 5.57 Å². The highest BCUT2D eigenvalue weighted by molar-refractivity contribution is 6.16. The Hall–Kier alpha value is -1.58. The molecule has 178 valence electrons. The zero-order valence-corrected chi connectivity index (χ0v) is 20.3. The molecule has 4 heteroatoms. The molecule has 0 saturated carbocycles. The number of piperidine rings is 1. The van der Waals surface area contributed by atoms with Crippen LogP contribution in [-0.2, 0) is 14.3 Å². The molecule has 0 aliphatic carbocycles. The zero-order valence-electron chi connectivity index (χ0n) is 20.3. The van der Waals surface area contributed by atoms with Crippen LogP contribution in [0.5, 0.6) is 0 Å². The van der Waals surface area contributed by atoms with Crippen molar-refractivity contribution >= 4 is 11.8 Å². The molecule has 0 aromatic carbocycles. The van der Waals surface area contributed by atoms with Crippen LogP contribution < -0.4 is 0 Å². The van der Waals surface area contributed by atoms with Crippen LogP contribution in [0, 0.1) is 0 Å². The molecule has 4 nitrogen and oxygen atoms in total. The van der Waals surface area contributed by atoms with Crippen molar-refractivity contribution in [2.75, 3.05) is 19.7 Å². The van der Waals surface area contributed by atoms with Gasteiger partial charge in [-0.05, 0) is 51.0 Å². The summed E-state index contributed by atoms with van der Waals surface area (Å²) in [7, 11) is 0. The van der Waals surface area contributed by atoms with E-state index in [0.29, 0.717) is 6.61 Å². The summed E-state index contributed by atoms with van der Waals surface area (Å²) in [5.41, 5.74) is 0.142. The van der Waals surface area contributed by atoms with Crippen LogP contribution in [0.1, 0.15) is 117 Å². The number of esters is 1. The molecule has 0 N–H and O–H groups in total. The standard InChI is InChI=1S/C27H47NO3/c1-3-4-5-6-7-8-9-10-11-12-13-14-18-24-31-27(30)26(25(2)29)20-19-23-28-21-16-15-17-22-28/h19-20,23H,3-18,21-22,24H2,1-2H3/b23-19+,26-20+. The zero-order chi connectivity index (χ0) is 22.6. The maximum atomic E-state index is 12.2. The molecule has 0 atom stereocenters. The average Bonchev–Trinajstić information content (AvgIpc) is 2.77. The minimum atomic E-state index is -0.491. The monoisotopic (exact) mass is 433 g/mol. The number of carbonyl (C=O) groups excluding carboxylic acids is 2. The maximum absolute atomic E-state index is 12.2. The topological polar surface area (TPSA) is 46.6 Å². The second-order valence-electron chi connectivity index (χ2n) is 8.95. The summed E-state index contributed by atoms with van der Waals surface area (Å²) in [6, 6.07) is 0. The Morgan fingerprint density at radius 3 is 1.81 bits per heavy atom. The molecule has 0 amide bonds.